The third kappa shape index (κ3) is 4.70. The van der Waals surface area contributed by atoms with Gasteiger partial charge < -0.3 is 15.2 Å². The maximum atomic E-state index is 12.6. The van der Waals surface area contributed by atoms with E-state index in [1.54, 1.807) is 29.4 Å². The molecule has 0 spiro atoms. The first kappa shape index (κ1) is 19.3. The molecule has 0 aliphatic heterocycles. The van der Waals surface area contributed by atoms with Gasteiger partial charge in [-0.05, 0) is 29.3 Å². The Morgan fingerprint density at radius 2 is 1.63 bits per heavy atom. The Morgan fingerprint density at radius 3 is 2.37 bits per heavy atom. The molecule has 7 nitrogen and oxygen atoms in total. The molecule has 0 aliphatic rings. The van der Waals surface area contributed by atoms with Crippen molar-refractivity contribution in [1.29, 1.82) is 0 Å². The number of anilines is 1. The number of carbonyl (C=O) groups is 1. The minimum Gasteiger partial charge on any atom is -0.350 e. The Morgan fingerprint density at radius 1 is 0.933 bits per heavy atom. The summed E-state index contributed by atoms with van der Waals surface area (Å²) in [5.74, 6) is 0.427. The number of amides is 1. The third-order valence-electron chi connectivity index (χ3n) is 4.72. The van der Waals surface area contributed by atoms with Crippen molar-refractivity contribution in [2.24, 2.45) is 7.05 Å². The number of aromatic nitrogens is 4. The van der Waals surface area contributed by atoms with Crippen LogP contribution in [0.4, 0.5) is 5.95 Å². The number of hydrogen-bond donors (Lipinski definition) is 2. The number of aryl methyl sites for hydroxylation is 1. The van der Waals surface area contributed by atoms with Gasteiger partial charge in [-0.1, -0.05) is 30.3 Å². The van der Waals surface area contributed by atoms with Crippen LogP contribution < -0.4 is 10.6 Å². The van der Waals surface area contributed by atoms with Crippen LogP contribution in [0.3, 0.4) is 0 Å². The molecule has 2 N–H and O–H groups in total. The standard InChI is InChI=1S/C23H22N6O/c1-29-16-19(11-21(29)22(30)25-12-18-7-9-24-10-8-18)20-14-27-23(28-15-20)26-13-17-5-3-2-4-6-17/h2-11,14-16H,12-13H2,1H3,(H,25,30)(H,26,27,28). The van der Waals surface area contributed by atoms with Crippen LogP contribution >= 0.6 is 0 Å². The van der Waals surface area contributed by atoms with Crippen molar-refractivity contribution < 1.29 is 4.79 Å². The van der Waals surface area contributed by atoms with Crippen LogP contribution in [-0.4, -0.2) is 25.4 Å². The number of pyridine rings is 1. The summed E-state index contributed by atoms with van der Waals surface area (Å²) in [6.45, 7) is 1.11. The van der Waals surface area contributed by atoms with Crippen molar-refractivity contribution in [3.8, 4) is 11.1 Å². The molecule has 0 saturated carbocycles. The summed E-state index contributed by atoms with van der Waals surface area (Å²) in [4.78, 5) is 25.3. The van der Waals surface area contributed by atoms with Gasteiger partial charge in [0.1, 0.15) is 5.69 Å². The van der Waals surface area contributed by atoms with E-state index < -0.39 is 0 Å². The fourth-order valence-corrected chi connectivity index (χ4v) is 3.07. The molecule has 7 heteroatoms. The van der Waals surface area contributed by atoms with Gasteiger partial charge in [-0.15, -0.1) is 0 Å². The lowest BCUT2D eigenvalue weighted by molar-refractivity contribution is 0.0943. The Balaban J connectivity index is 1.40. The van der Waals surface area contributed by atoms with Gasteiger partial charge in [0.15, 0.2) is 0 Å². The Labute approximate surface area is 174 Å². The number of nitrogens with zero attached hydrogens (tertiary/aromatic N) is 4. The molecular weight excluding hydrogens is 376 g/mol. The van der Waals surface area contributed by atoms with Gasteiger partial charge in [-0.2, -0.15) is 0 Å². The summed E-state index contributed by atoms with van der Waals surface area (Å²) in [7, 11) is 1.85. The maximum absolute atomic E-state index is 12.6. The van der Waals surface area contributed by atoms with Gasteiger partial charge in [-0.3, -0.25) is 9.78 Å². The predicted molar refractivity (Wildman–Crippen MR) is 116 cm³/mol. The van der Waals surface area contributed by atoms with Crippen molar-refractivity contribution >= 4 is 11.9 Å². The summed E-state index contributed by atoms with van der Waals surface area (Å²) in [6, 6.07) is 15.7. The Hall–Kier alpha value is -4.00. The lowest BCUT2D eigenvalue weighted by atomic mass is 10.2. The van der Waals surface area contributed by atoms with E-state index in [-0.39, 0.29) is 5.91 Å². The van der Waals surface area contributed by atoms with E-state index in [0.29, 0.717) is 24.7 Å². The van der Waals surface area contributed by atoms with E-state index in [1.807, 2.05) is 61.8 Å². The van der Waals surface area contributed by atoms with Crippen LogP contribution in [0.5, 0.6) is 0 Å². The highest BCUT2D eigenvalue weighted by Crippen LogP contribution is 2.21. The van der Waals surface area contributed by atoms with Gasteiger partial charge in [0, 0.05) is 62.2 Å². The molecule has 0 saturated heterocycles. The highest BCUT2D eigenvalue weighted by atomic mass is 16.1. The first-order valence-corrected chi connectivity index (χ1v) is 9.63. The van der Waals surface area contributed by atoms with Gasteiger partial charge in [0.25, 0.3) is 5.91 Å². The molecule has 0 fully saturated rings. The molecule has 0 aliphatic carbocycles. The van der Waals surface area contributed by atoms with E-state index in [4.69, 9.17) is 0 Å². The first-order chi connectivity index (χ1) is 14.7. The van der Waals surface area contributed by atoms with E-state index in [0.717, 1.165) is 22.3 Å². The minimum atomic E-state index is -0.136. The highest BCUT2D eigenvalue weighted by molar-refractivity contribution is 5.94. The SMILES string of the molecule is Cn1cc(-c2cnc(NCc3ccccc3)nc2)cc1C(=O)NCc1ccncc1. The van der Waals surface area contributed by atoms with Crippen molar-refractivity contribution in [1.82, 2.24) is 24.8 Å². The second-order valence-corrected chi connectivity index (χ2v) is 6.90. The summed E-state index contributed by atoms with van der Waals surface area (Å²) < 4.78 is 1.80. The molecule has 30 heavy (non-hydrogen) atoms. The summed E-state index contributed by atoms with van der Waals surface area (Å²) >= 11 is 0. The molecule has 0 unspecified atom stereocenters. The monoisotopic (exact) mass is 398 g/mol. The fraction of sp³-hybridized carbons (Fsp3) is 0.130. The van der Waals surface area contributed by atoms with Crippen molar-refractivity contribution in [3.05, 3.63) is 96.3 Å². The molecule has 0 bridgehead atoms. The first-order valence-electron chi connectivity index (χ1n) is 9.63. The predicted octanol–water partition coefficient (Wildman–Crippen LogP) is 3.42. The van der Waals surface area contributed by atoms with E-state index in [2.05, 4.69) is 25.6 Å². The summed E-state index contributed by atoms with van der Waals surface area (Å²) in [5, 5.41) is 6.14. The minimum absolute atomic E-state index is 0.136. The van der Waals surface area contributed by atoms with E-state index in [1.165, 1.54) is 0 Å². The molecule has 4 rings (SSSR count). The van der Waals surface area contributed by atoms with Crippen LogP contribution in [0.15, 0.2) is 79.5 Å². The van der Waals surface area contributed by atoms with E-state index >= 15 is 0 Å². The number of nitrogens with one attached hydrogen (secondary N) is 2. The van der Waals surface area contributed by atoms with E-state index in [9.17, 15) is 4.79 Å². The van der Waals surface area contributed by atoms with Gasteiger partial charge in [-0.25, -0.2) is 9.97 Å². The molecule has 1 aromatic carbocycles. The summed E-state index contributed by atoms with van der Waals surface area (Å²) in [5.41, 5.74) is 4.48. The average Bonchev–Trinajstić information content (AvgIpc) is 3.19. The fourth-order valence-electron chi connectivity index (χ4n) is 3.07. The van der Waals surface area contributed by atoms with Crippen LogP contribution in [0.25, 0.3) is 11.1 Å². The van der Waals surface area contributed by atoms with Crippen molar-refractivity contribution in [2.75, 3.05) is 5.32 Å². The molecule has 150 valence electrons. The molecular formula is C23H22N6O. The normalized spacial score (nSPS) is 10.6. The van der Waals surface area contributed by atoms with Gasteiger partial charge >= 0.3 is 0 Å². The zero-order valence-corrected chi connectivity index (χ0v) is 16.6. The zero-order valence-electron chi connectivity index (χ0n) is 16.6. The van der Waals surface area contributed by atoms with Gasteiger partial charge in [0.2, 0.25) is 5.95 Å². The second-order valence-electron chi connectivity index (χ2n) is 6.90. The Kier molecular flexibility index (Phi) is 5.80. The topological polar surface area (TPSA) is 84.7 Å². The smallest absolute Gasteiger partial charge is 0.268 e. The Bertz CT molecular complexity index is 1110. The largest absolute Gasteiger partial charge is 0.350 e. The van der Waals surface area contributed by atoms with Crippen molar-refractivity contribution in [3.63, 3.8) is 0 Å². The lowest BCUT2D eigenvalue weighted by Gasteiger charge is -2.05. The van der Waals surface area contributed by atoms with Crippen LogP contribution in [0, 0.1) is 0 Å². The maximum Gasteiger partial charge on any atom is 0.268 e. The highest BCUT2D eigenvalue weighted by Gasteiger charge is 2.13. The number of hydrogen-bond acceptors (Lipinski definition) is 5. The van der Waals surface area contributed by atoms with Crippen molar-refractivity contribution in [2.45, 2.75) is 13.1 Å². The molecule has 4 aromatic rings. The average molecular weight is 398 g/mol. The second kappa shape index (κ2) is 9.00. The van der Waals surface area contributed by atoms with Crippen LogP contribution in [0.2, 0.25) is 0 Å². The quantitative estimate of drug-likeness (QED) is 0.498. The third-order valence-corrected chi connectivity index (χ3v) is 4.72. The molecule has 0 atom stereocenters. The molecule has 3 aromatic heterocycles. The lowest BCUT2D eigenvalue weighted by Crippen LogP contribution is -2.24. The van der Waals surface area contributed by atoms with Gasteiger partial charge in [0.05, 0.1) is 0 Å². The number of carbonyl (C=O) groups excluding carboxylic acids is 1. The number of rotatable bonds is 7. The summed E-state index contributed by atoms with van der Waals surface area (Å²) in [6.07, 6.45) is 8.83. The zero-order chi connectivity index (χ0) is 20.8. The number of benzene rings is 1. The molecule has 1 amide bonds. The molecule has 0 radical (unpaired) electrons. The molecule has 3 heterocycles. The van der Waals surface area contributed by atoms with Crippen LogP contribution in [0.1, 0.15) is 21.6 Å². The van der Waals surface area contributed by atoms with Crippen LogP contribution in [-0.2, 0) is 20.1 Å².